The third-order valence-electron chi connectivity index (χ3n) is 5.02. The van der Waals surface area contributed by atoms with Crippen molar-refractivity contribution in [1.29, 1.82) is 0 Å². The van der Waals surface area contributed by atoms with Crippen molar-refractivity contribution in [2.75, 3.05) is 49.2 Å². The van der Waals surface area contributed by atoms with Crippen molar-refractivity contribution in [2.45, 2.75) is 20.3 Å². The monoisotopic (exact) mass is 330 g/mol. The van der Waals surface area contributed by atoms with Gasteiger partial charge in [0.15, 0.2) is 5.65 Å². The van der Waals surface area contributed by atoms with Gasteiger partial charge in [0, 0.05) is 33.2 Å². The van der Waals surface area contributed by atoms with Crippen molar-refractivity contribution in [3.8, 4) is 0 Å². The van der Waals surface area contributed by atoms with E-state index in [1.807, 2.05) is 17.9 Å². The highest BCUT2D eigenvalue weighted by atomic mass is 16.5. The van der Waals surface area contributed by atoms with Crippen LogP contribution in [-0.2, 0) is 11.8 Å². The van der Waals surface area contributed by atoms with Crippen LogP contribution in [0.2, 0.25) is 0 Å². The summed E-state index contributed by atoms with van der Waals surface area (Å²) in [6, 6.07) is 0. The molecule has 130 valence electrons. The molecule has 4 heterocycles. The van der Waals surface area contributed by atoms with Crippen LogP contribution in [0.3, 0.4) is 0 Å². The predicted octanol–water partition coefficient (Wildman–Crippen LogP) is 1.68. The normalized spacial score (nSPS) is 25.5. The zero-order valence-corrected chi connectivity index (χ0v) is 14.8. The minimum Gasteiger partial charge on any atom is -0.378 e. The molecule has 0 aliphatic carbocycles. The molecule has 7 nitrogen and oxygen atoms in total. The van der Waals surface area contributed by atoms with E-state index in [1.165, 1.54) is 6.42 Å². The molecule has 0 N–H and O–H groups in total. The Bertz CT molecular complexity index is 713. The van der Waals surface area contributed by atoms with E-state index in [9.17, 15) is 0 Å². The zero-order valence-electron chi connectivity index (χ0n) is 14.8. The molecular formula is C17H26N6O. The van der Waals surface area contributed by atoms with Gasteiger partial charge in [-0.2, -0.15) is 15.1 Å². The minimum atomic E-state index is 0.673. The topological polar surface area (TPSA) is 59.3 Å². The maximum absolute atomic E-state index is 5.50. The van der Waals surface area contributed by atoms with Gasteiger partial charge in [-0.05, 0) is 18.3 Å². The lowest BCUT2D eigenvalue weighted by atomic mass is 9.92. The van der Waals surface area contributed by atoms with Crippen molar-refractivity contribution in [2.24, 2.45) is 18.9 Å². The predicted molar refractivity (Wildman–Crippen MR) is 94.5 cm³/mol. The number of aromatic nitrogens is 4. The molecule has 2 fully saturated rings. The Hall–Kier alpha value is -1.89. The van der Waals surface area contributed by atoms with Crippen molar-refractivity contribution in [3.05, 3.63) is 6.20 Å². The van der Waals surface area contributed by atoms with Crippen molar-refractivity contribution in [1.82, 2.24) is 19.7 Å². The molecule has 2 saturated heterocycles. The molecule has 0 bridgehead atoms. The Kier molecular flexibility index (Phi) is 4.04. The summed E-state index contributed by atoms with van der Waals surface area (Å²) in [5.41, 5.74) is 0.910. The SMILES string of the molecule is C[C@@H]1C[C@H](C)CN(c2nc(N3CCOCC3)c3cnn(C)c3n2)C1. The van der Waals surface area contributed by atoms with Gasteiger partial charge >= 0.3 is 0 Å². The molecule has 2 atom stereocenters. The van der Waals surface area contributed by atoms with E-state index in [-0.39, 0.29) is 0 Å². The third-order valence-corrected chi connectivity index (χ3v) is 5.02. The molecule has 4 rings (SSSR count). The average molecular weight is 330 g/mol. The van der Waals surface area contributed by atoms with Gasteiger partial charge in [-0.15, -0.1) is 0 Å². The Labute approximate surface area is 142 Å². The molecule has 2 aromatic rings. The number of nitrogens with zero attached hydrogens (tertiary/aromatic N) is 6. The summed E-state index contributed by atoms with van der Waals surface area (Å²) in [6.07, 6.45) is 3.16. The van der Waals surface area contributed by atoms with Gasteiger partial charge in [-0.25, -0.2) is 0 Å². The van der Waals surface area contributed by atoms with Gasteiger partial charge in [0.2, 0.25) is 5.95 Å². The van der Waals surface area contributed by atoms with Crippen LogP contribution in [0.5, 0.6) is 0 Å². The lowest BCUT2D eigenvalue weighted by molar-refractivity contribution is 0.122. The van der Waals surface area contributed by atoms with Crippen molar-refractivity contribution in [3.63, 3.8) is 0 Å². The van der Waals surface area contributed by atoms with Crippen LogP contribution < -0.4 is 9.80 Å². The summed E-state index contributed by atoms with van der Waals surface area (Å²) in [5.74, 6) is 3.18. The van der Waals surface area contributed by atoms with E-state index in [2.05, 4.69) is 28.7 Å². The van der Waals surface area contributed by atoms with Crippen LogP contribution in [0.1, 0.15) is 20.3 Å². The number of hydrogen-bond acceptors (Lipinski definition) is 6. The van der Waals surface area contributed by atoms with Crippen LogP contribution >= 0.6 is 0 Å². The molecule has 7 heteroatoms. The van der Waals surface area contributed by atoms with Crippen LogP contribution in [-0.4, -0.2) is 59.1 Å². The fourth-order valence-corrected chi connectivity index (χ4v) is 3.98. The number of hydrogen-bond donors (Lipinski definition) is 0. The zero-order chi connectivity index (χ0) is 16.7. The Morgan fingerprint density at radius 2 is 1.75 bits per heavy atom. The van der Waals surface area contributed by atoms with E-state index in [1.54, 1.807) is 0 Å². The van der Waals surface area contributed by atoms with Crippen molar-refractivity contribution >= 4 is 22.8 Å². The molecule has 2 aromatic heterocycles. The van der Waals surface area contributed by atoms with Gasteiger partial charge in [0.05, 0.1) is 24.8 Å². The molecule has 0 unspecified atom stereocenters. The van der Waals surface area contributed by atoms with E-state index in [0.29, 0.717) is 11.8 Å². The number of rotatable bonds is 2. The largest absolute Gasteiger partial charge is 0.378 e. The molecule has 24 heavy (non-hydrogen) atoms. The fourth-order valence-electron chi connectivity index (χ4n) is 3.98. The minimum absolute atomic E-state index is 0.673. The van der Waals surface area contributed by atoms with Gasteiger partial charge in [-0.3, -0.25) is 4.68 Å². The Morgan fingerprint density at radius 3 is 2.46 bits per heavy atom. The molecule has 0 spiro atoms. The highest BCUT2D eigenvalue weighted by Crippen LogP contribution is 2.30. The average Bonchev–Trinajstić information content (AvgIpc) is 2.95. The summed E-state index contributed by atoms with van der Waals surface area (Å²) in [5, 5.41) is 5.43. The molecule has 0 aromatic carbocycles. The van der Waals surface area contributed by atoms with Gasteiger partial charge < -0.3 is 14.5 Å². The standard InChI is InChI=1S/C17H26N6O/c1-12-8-13(2)11-23(10-12)17-19-15-14(9-18-21(15)3)16(20-17)22-4-6-24-7-5-22/h9,12-13H,4-8,10-11H2,1-3H3/t12-,13+. The summed E-state index contributed by atoms with van der Waals surface area (Å²) >= 11 is 0. The number of aryl methyl sites for hydroxylation is 1. The van der Waals surface area contributed by atoms with Crippen LogP contribution in [0, 0.1) is 11.8 Å². The number of piperidine rings is 1. The third kappa shape index (κ3) is 2.81. The Balaban J connectivity index is 1.77. The molecule has 0 saturated carbocycles. The first-order valence-corrected chi connectivity index (χ1v) is 8.89. The lowest BCUT2D eigenvalue weighted by Gasteiger charge is -2.36. The molecule has 2 aliphatic heterocycles. The van der Waals surface area contributed by atoms with Crippen LogP contribution in [0.4, 0.5) is 11.8 Å². The summed E-state index contributed by atoms with van der Waals surface area (Å²) in [6.45, 7) is 9.91. The summed E-state index contributed by atoms with van der Waals surface area (Å²) in [7, 11) is 1.95. The van der Waals surface area contributed by atoms with Crippen molar-refractivity contribution < 1.29 is 4.74 Å². The molecular weight excluding hydrogens is 304 g/mol. The number of fused-ring (bicyclic) bond motifs is 1. The molecule has 0 amide bonds. The van der Waals surface area contributed by atoms with E-state index in [0.717, 1.165) is 62.2 Å². The maximum Gasteiger partial charge on any atom is 0.229 e. The highest BCUT2D eigenvalue weighted by molar-refractivity contribution is 5.88. The van der Waals surface area contributed by atoms with E-state index < -0.39 is 0 Å². The molecule has 2 aliphatic rings. The quantitative estimate of drug-likeness (QED) is 0.835. The lowest BCUT2D eigenvalue weighted by Crippen LogP contribution is -2.41. The smallest absolute Gasteiger partial charge is 0.229 e. The van der Waals surface area contributed by atoms with Crippen LogP contribution in [0.15, 0.2) is 6.20 Å². The number of ether oxygens (including phenoxy) is 1. The van der Waals surface area contributed by atoms with Gasteiger partial charge in [0.25, 0.3) is 0 Å². The number of anilines is 2. The number of morpholine rings is 1. The first-order valence-electron chi connectivity index (χ1n) is 8.89. The van der Waals surface area contributed by atoms with Gasteiger partial charge in [0.1, 0.15) is 5.82 Å². The molecule has 0 radical (unpaired) electrons. The fraction of sp³-hybridized carbons (Fsp3) is 0.706. The van der Waals surface area contributed by atoms with Crippen LogP contribution in [0.25, 0.3) is 11.0 Å². The first kappa shape index (κ1) is 15.6. The highest BCUT2D eigenvalue weighted by Gasteiger charge is 2.26. The summed E-state index contributed by atoms with van der Waals surface area (Å²) in [4.78, 5) is 14.4. The first-order chi connectivity index (χ1) is 11.6. The Morgan fingerprint density at radius 1 is 1.04 bits per heavy atom. The second kappa shape index (κ2) is 6.20. The van der Waals surface area contributed by atoms with E-state index in [4.69, 9.17) is 14.7 Å². The second-order valence-corrected chi connectivity index (χ2v) is 7.30. The van der Waals surface area contributed by atoms with E-state index >= 15 is 0 Å². The van der Waals surface area contributed by atoms with Gasteiger partial charge in [-0.1, -0.05) is 13.8 Å². The summed E-state index contributed by atoms with van der Waals surface area (Å²) < 4.78 is 7.35. The maximum atomic E-state index is 5.50. The second-order valence-electron chi connectivity index (χ2n) is 7.30.